The van der Waals surface area contributed by atoms with E-state index < -0.39 is 0 Å². The molecule has 120 valence electrons. The van der Waals surface area contributed by atoms with E-state index in [0.717, 1.165) is 30.4 Å². The normalized spacial score (nSPS) is 13.8. The van der Waals surface area contributed by atoms with Gasteiger partial charge in [-0.3, -0.25) is 14.9 Å². The van der Waals surface area contributed by atoms with Crippen LogP contribution in [0.2, 0.25) is 0 Å². The Bertz CT molecular complexity index is 710. The third-order valence-corrected chi connectivity index (χ3v) is 4.59. The summed E-state index contributed by atoms with van der Waals surface area (Å²) in [5, 5.41) is 11.5. The molecular weight excluding hydrogens is 312 g/mol. The van der Waals surface area contributed by atoms with Crippen molar-refractivity contribution in [2.45, 2.75) is 37.4 Å². The molecule has 6 nitrogen and oxygen atoms in total. The Labute approximate surface area is 138 Å². The molecule has 1 heterocycles. The second-order valence-electron chi connectivity index (χ2n) is 5.39. The van der Waals surface area contributed by atoms with E-state index in [2.05, 4.69) is 20.1 Å². The summed E-state index contributed by atoms with van der Waals surface area (Å²) in [7, 11) is 0. The van der Waals surface area contributed by atoms with Gasteiger partial charge in [0, 0.05) is 18.0 Å². The van der Waals surface area contributed by atoms with Crippen molar-refractivity contribution in [3.05, 3.63) is 41.7 Å². The minimum Gasteiger partial charge on any atom is -0.306 e. The van der Waals surface area contributed by atoms with Gasteiger partial charge in [-0.1, -0.05) is 30.0 Å². The number of hydrogen-bond donors (Lipinski definition) is 1. The summed E-state index contributed by atoms with van der Waals surface area (Å²) in [5.41, 5.74) is 0.471. The minimum absolute atomic E-state index is 0.140. The highest BCUT2D eigenvalue weighted by molar-refractivity contribution is 7.99. The van der Waals surface area contributed by atoms with Gasteiger partial charge in [0.15, 0.2) is 5.16 Å². The van der Waals surface area contributed by atoms with Crippen molar-refractivity contribution >= 4 is 23.6 Å². The first kappa shape index (κ1) is 15.7. The lowest BCUT2D eigenvalue weighted by atomic mass is 10.2. The fraction of sp³-hybridized carbons (Fsp3) is 0.375. The zero-order valence-corrected chi connectivity index (χ0v) is 13.7. The van der Waals surface area contributed by atoms with Crippen LogP contribution in [0.15, 0.2) is 35.5 Å². The molecular formula is C16H18N4O2S. The first-order chi connectivity index (χ1) is 11.2. The molecule has 23 heavy (non-hydrogen) atoms. The van der Waals surface area contributed by atoms with E-state index in [9.17, 15) is 9.59 Å². The van der Waals surface area contributed by atoms with E-state index in [-0.39, 0.29) is 17.6 Å². The van der Waals surface area contributed by atoms with Gasteiger partial charge in [-0.05, 0) is 31.9 Å². The summed E-state index contributed by atoms with van der Waals surface area (Å²) >= 11 is 1.31. The van der Waals surface area contributed by atoms with E-state index >= 15 is 0 Å². The average Bonchev–Trinajstić information content (AvgIpc) is 3.33. The maximum absolute atomic E-state index is 11.9. The van der Waals surface area contributed by atoms with Gasteiger partial charge in [0.25, 0.3) is 5.91 Å². The largest absolute Gasteiger partial charge is 0.306 e. The molecule has 1 saturated carbocycles. The highest BCUT2D eigenvalue weighted by atomic mass is 32.2. The molecule has 0 atom stereocenters. The third kappa shape index (κ3) is 3.79. The Morgan fingerprint density at radius 3 is 2.65 bits per heavy atom. The van der Waals surface area contributed by atoms with Crippen LogP contribution in [-0.4, -0.2) is 32.3 Å². The summed E-state index contributed by atoms with van der Waals surface area (Å²) in [6.07, 6.45) is 2.32. The van der Waals surface area contributed by atoms with Crippen molar-refractivity contribution in [1.29, 1.82) is 0 Å². The van der Waals surface area contributed by atoms with Crippen molar-refractivity contribution in [3.8, 4) is 0 Å². The van der Waals surface area contributed by atoms with Crippen molar-refractivity contribution in [2.75, 3.05) is 5.75 Å². The van der Waals surface area contributed by atoms with Gasteiger partial charge >= 0.3 is 0 Å². The highest BCUT2D eigenvalue weighted by Crippen LogP contribution is 2.39. The first-order valence-electron chi connectivity index (χ1n) is 7.64. The second kappa shape index (κ2) is 6.95. The standard InChI is InChI=1S/C16H18N4O2S/c1-2-20-14(11-8-9-11)18-19-16(20)23-10-13(21)17-15(22)12-6-4-3-5-7-12/h3-7,11H,2,8-10H2,1H3,(H,17,21,22). The van der Waals surface area contributed by atoms with E-state index in [1.165, 1.54) is 11.8 Å². The topological polar surface area (TPSA) is 76.9 Å². The lowest BCUT2D eigenvalue weighted by Crippen LogP contribution is -2.31. The number of thioether (sulfide) groups is 1. The predicted octanol–water partition coefficient (Wildman–Crippen LogP) is 2.22. The summed E-state index contributed by atoms with van der Waals surface area (Å²) in [6, 6.07) is 8.69. The number of nitrogens with zero attached hydrogens (tertiary/aromatic N) is 3. The van der Waals surface area contributed by atoms with Crippen molar-refractivity contribution < 1.29 is 9.59 Å². The first-order valence-corrected chi connectivity index (χ1v) is 8.62. The van der Waals surface area contributed by atoms with Crippen LogP contribution in [-0.2, 0) is 11.3 Å². The molecule has 0 radical (unpaired) electrons. The van der Waals surface area contributed by atoms with E-state index in [1.807, 2.05) is 13.0 Å². The number of rotatable bonds is 6. The maximum Gasteiger partial charge on any atom is 0.257 e. The number of benzene rings is 1. The Hall–Kier alpha value is -2.15. The molecule has 1 aromatic carbocycles. The summed E-state index contributed by atoms with van der Waals surface area (Å²) < 4.78 is 2.05. The van der Waals surface area contributed by atoms with Crippen LogP contribution in [0.3, 0.4) is 0 Å². The average molecular weight is 330 g/mol. The zero-order chi connectivity index (χ0) is 16.2. The lowest BCUT2D eigenvalue weighted by Gasteiger charge is -2.06. The lowest BCUT2D eigenvalue weighted by molar-refractivity contribution is -0.117. The smallest absolute Gasteiger partial charge is 0.257 e. The fourth-order valence-electron chi connectivity index (χ4n) is 2.30. The Balaban J connectivity index is 1.56. The molecule has 3 rings (SSSR count). The number of amides is 2. The van der Waals surface area contributed by atoms with Crippen LogP contribution in [0, 0.1) is 0 Å². The van der Waals surface area contributed by atoms with Gasteiger partial charge in [-0.2, -0.15) is 0 Å². The van der Waals surface area contributed by atoms with Gasteiger partial charge < -0.3 is 4.57 Å². The SMILES string of the molecule is CCn1c(SCC(=O)NC(=O)c2ccccc2)nnc1C1CC1. The monoisotopic (exact) mass is 330 g/mol. The molecule has 1 aliphatic carbocycles. The molecule has 1 aliphatic rings. The van der Waals surface area contributed by atoms with Crippen LogP contribution < -0.4 is 5.32 Å². The molecule has 0 unspecified atom stereocenters. The summed E-state index contributed by atoms with van der Waals surface area (Å²) in [5.74, 6) is 0.955. The minimum atomic E-state index is -0.383. The molecule has 7 heteroatoms. The van der Waals surface area contributed by atoms with E-state index in [1.54, 1.807) is 24.3 Å². The number of aromatic nitrogens is 3. The Morgan fingerprint density at radius 2 is 2.00 bits per heavy atom. The summed E-state index contributed by atoms with van der Waals surface area (Å²) in [4.78, 5) is 23.9. The number of hydrogen-bond acceptors (Lipinski definition) is 5. The van der Waals surface area contributed by atoms with Crippen LogP contribution in [0.4, 0.5) is 0 Å². The fourth-order valence-corrected chi connectivity index (χ4v) is 3.11. The molecule has 1 aromatic heterocycles. The third-order valence-electron chi connectivity index (χ3n) is 3.63. The van der Waals surface area contributed by atoms with Gasteiger partial charge in [0.1, 0.15) is 5.82 Å². The van der Waals surface area contributed by atoms with Gasteiger partial charge in [-0.15, -0.1) is 10.2 Å². The van der Waals surface area contributed by atoms with Crippen molar-refractivity contribution in [1.82, 2.24) is 20.1 Å². The number of carbonyl (C=O) groups excluding carboxylic acids is 2. The van der Waals surface area contributed by atoms with Crippen molar-refractivity contribution in [2.24, 2.45) is 0 Å². The van der Waals surface area contributed by atoms with Crippen LogP contribution in [0.1, 0.15) is 41.9 Å². The van der Waals surface area contributed by atoms with Crippen LogP contribution in [0.5, 0.6) is 0 Å². The molecule has 2 aromatic rings. The second-order valence-corrected chi connectivity index (χ2v) is 6.33. The summed E-state index contributed by atoms with van der Waals surface area (Å²) in [6.45, 7) is 2.82. The van der Waals surface area contributed by atoms with Crippen molar-refractivity contribution in [3.63, 3.8) is 0 Å². The highest BCUT2D eigenvalue weighted by Gasteiger charge is 2.30. The van der Waals surface area contributed by atoms with Gasteiger partial charge in [0.05, 0.1) is 5.75 Å². The van der Waals surface area contributed by atoms with E-state index in [0.29, 0.717) is 11.5 Å². The van der Waals surface area contributed by atoms with Crippen LogP contribution in [0.25, 0.3) is 0 Å². The Morgan fingerprint density at radius 1 is 1.26 bits per heavy atom. The maximum atomic E-state index is 11.9. The van der Waals surface area contributed by atoms with Gasteiger partial charge in [-0.25, -0.2) is 0 Å². The van der Waals surface area contributed by atoms with Crippen LogP contribution >= 0.6 is 11.8 Å². The molecule has 0 aliphatic heterocycles. The molecule has 1 N–H and O–H groups in total. The molecule has 0 bridgehead atoms. The predicted molar refractivity (Wildman–Crippen MR) is 87.3 cm³/mol. The Kier molecular flexibility index (Phi) is 4.76. The zero-order valence-electron chi connectivity index (χ0n) is 12.9. The molecule has 2 amide bonds. The van der Waals surface area contributed by atoms with E-state index in [4.69, 9.17) is 0 Å². The molecule has 1 fully saturated rings. The van der Waals surface area contributed by atoms with Gasteiger partial charge in [0.2, 0.25) is 5.91 Å². The number of nitrogens with one attached hydrogen (secondary N) is 1. The number of carbonyl (C=O) groups is 2. The molecule has 0 saturated heterocycles. The number of imide groups is 1. The molecule has 0 spiro atoms. The quantitative estimate of drug-likeness (QED) is 0.822.